The standard InChI is InChI=1S/C26H39B2NO4/c1-17(2)15-19(27-30-23(3,4)24(5,6)31-27)22(28-32-25(7,8)26(9,10)33-28)21-16-18-13-11-12-14-20(18)29-21/h11-14,16-17,29H,15H2,1-10H3/b22-19-. The van der Waals surface area contributed by atoms with Crippen molar-refractivity contribution in [3.05, 3.63) is 41.5 Å². The van der Waals surface area contributed by atoms with E-state index >= 15 is 0 Å². The van der Waals surface area contributed by atoms with Gasteiger partial charge >= 0.3 is 14.2 Å². The fourth-order valence-corrected chi connectivity index (χ4v) is 4.39. The molecule has 7 heteroatoms. The highest BCUT2D eigenvalue weighted by atomic mass is 16.7. The third-order valence-corrected chi connectivity index (χ3v) is 7.82. The first-order valence-electron chi connectivity index (χ1n) is 12.2. The van der Waals surface area contributed by atoms with E-state index < -0.39 is 36.6 Å². The van der Waals surface area contributed by atoms with Gasteiger partial charge in [0, 0.05) is 16.7 Å². The molecule has 0 radical (unpaired) electrons. The summed E-state index contributed by atoms with van der Waals surface area (Å²) in [6, 6.07) is 10.5. The van der Waals surface area contributed by atoms with Gasteiger partial charge in [0.1, 0.15) is 0 Å². The van der Waals surface area contributed by atoms with Gasteiger partial charge in [-0.1, -0.05) is 32.0 Å². The number of rotatable bonds is 5. The Morgan fingerprint density at radius 1 is 0.788 bits per heavy atom. The number of aromatic amines is 1. The summed E-state index contributed by atoms with van der Waals surface area (Å²) in [7, 11) is -1.01. The van der Waals surface area contributed by atoms with E-state index in [0.29, 0.717) is 5.92 Å². The second-order valence-electron chi connectivity index (χ2n) is 12.0. The lowest BCUT2D eigenvalue weighted by Crippen LogP contribution is -2.41. The molecule has 0 bridgehead atoms. The first kappa shape index (κ1) is 24.6. The SMILES string of the molecule is CC(C)C/C(B1OC(C)(C)C(C)(C)O1)=C(/B1OC(C)(C)C(C)(C)O1)c1cc2ccccc2[nH]1. The van der Waals surface area contributed by atoms with Crippen LogP contribution in [0.15, 0.2) is 35.8 Å². The summed E-state index contributed by atoms with van der Waals surface area (Å²) >= 11 is 0. The van der Waals surface area contributed by atoms with Crippen molar-refractivity contribution < 1.29 is 18.6 Å². The molecule has 0 aliphatic carbocycles. The lowest BCUT2D eigenvalue weighted by atomic mass is 9.61. The van der Waals surface area contributed by atoms with Crippen molar-refractivity contribution in [3.63, 3.8) is 0 Å². The summed E-state index contributed by atoms with van der Waals surface area (Å²) in [5.41, 5.74) is 2.37. The van der Waals surface area contributed by atoms with Crippen LogP contribution >= 0.6 is 0 Å². The average Bonchev–Trinajstić information content (AvgIpc) is 3.24. The highest BCUT2D eigenvalue weighted by Gasteiger charge is 2.57. The minimum Gasteiger partial charge on any atom is -0.400 e. The Morgan fingerprint density at radius 2 is 1.27 bits per heavy atom. The molecule has 1 N–H and O–H groups in total. The van der Waals surface area contributed by atoms with Gasteiger partial charge in [-0.25, -0.2) is 0 Å². The van der Waals surface area contributed by atoms with Crippen LogP contribution in [-0.4, -0.2) is 41.6 Å². The van der Waals surface area contributed by atoms with Crippen LogP contribution in [0.3, 0.4) is 0 Å². The minimum atomic E-state index is -0.532. The van der Waals surface area contributed by atoms with E-state index in [2.05, 4.69) is 98.5 Å². The van der Waals surface area contributed by atoms with Gasteiger partial charge in [-0.2, -0.15) is 0 Å². The Kier molecular flexibility index (Phi) is 5.97. The van der Waals surface area contributed by atoms with Crippen LogP contribution in [0.4, 0.5) is 0 Å². The number of para-hydroxylation sites is 1. The van der Waals surface area contributed by atoms with E-state index in [1.54, 1.807) is 0 Å². The largest absolute Gasteiger partial charge is 0.496 e. The number of fused-ring (bicyclic) bond motifs is 1. The molecule has 2 fully saturated rings. The third kappa shape index (κ3) is 4.34. The molecule has 1 aromatic carbocycles. The second kappa shape index (κ2) is 8.01. The molecule has 2 aliphatic heterocycles. The molecule has 3 heterocycles. The Bertz CT molecular complexity index is 1000. The summed E-state index contributed by atoms with van der Waals surface area (Å²) in [6.07, 6.45) is 0.811. The molecular formula is C26H39B2NO4. The fourth-order valence-electron chi connectivity index (χ4n) is 4.39. The molecule has 33 heavy (non-hydrogen) atoms. The maximum Gasteiger partial charge on any atom is 0.496 e. The fraction of sp³-hybridized carbons (Fsp3) is 0.615. The summed E-state index contributed by atoms with van der Waals surface area (Å²) in [5, 5.41) is 1.15. The molecule has 0 amide bonds. The average molecular weight is 451 g/mol. The highest BCUT2D eigenvalue weighted by molar-refractivity contribution is 6.74. The summed E-state index contributed by atoms with van der Waals surface area (Å²) in [5.74, 6) is 0.404. The number of H-pyrrole nitrogens is 1. The molecule has 0 saturated carbocycles. The van der Waals surface area contributed by atoms with Crippen molar-refractivity contribution in [2.24, 2.45) is 5.92 Å². The quantitative estimate of drug-likeness (QED) is 0.548. The van der Waals surface area contributed by atoms with Gasteiger partial charge in [0.15, 0.2) is 0 Å². The van der Waals surface area contributed by atoms with Gasteiger partial charge in [0.2, 0.25) is 0 Å². The first-order chi connectivity index (χ1) is 15.1. The number of nitrogens with one attached hydrogen (secondary N) is 1. The minimum absolute atomic E-state index is 0.404. The second-order valence-corrected chi connectivity index (χ2v) is 12.0. The Balaban J connectivity index is 1.92. The number of hydrogen-bond acceptors (Lipinski definition) is 4. The third-order valence-electron chi connectivity index (χ3n) is 7.82. The van der Waals surface area contributed by atoms with Crippen LogP contribution in [0.25, 0.3) is 16.4 Å². The van der Waals surface area contributed by atoms with Crippen LogP contribution in [0.1, 0.15) is 81.4 Å². The van der Waals surface area contributed by atoms with Crippen molar-refractivity contribution in [2.75, 3.05) is 0 Å². The summed E-state index contributed by atoms with van der Waals surface area (Å²) in [4.78, 5) is 3.62. The Morgan fingerprint density at radius 3 is 1.76 bits per heavy atom. The van der Waals surface area contributed by atoms with Crippen molar-refractivity contribution >= 4 is 30.6 Å². The smallest absolute Gasteiger partial charge is 0.400 e. The van der Waals surface area contributed by atoms with Gasteiger partial charge in [-0.05, 0) is 90.7 Å². The molecule has 178 valence electrons. The number of aromatic nitrogens is 1. The van der Waals surface area contributed by atoms with Crippen LogP contribution in [0.5, 0.6) is 0 Å². The van der Waals surface area contributed by atoms with E-state index in [4.69, 9.17) is 18.6 Å². The molecule has 0 spiro atoms. The van der Waals surface area contributed by atoms with Gasteiger partial charge < -0.3 is 23.6 Å². The number of allylic oxidation sites excluding steroid dienone is 1. The van der Waals surface area contributed by atoms with Crippen molar-refractivity contribution in [1.82, 2.24) is 4.98 Å². The van der Waals surface area contributed by atoms with Crippen LogP contribution in [0.2, 0.25) is 0 Å². The van der Waals surface area contributed by atoms with E-state index in [-0.39, 0.29) is 0 Å². The Hall–Kier alpha value is -1.53. The summed E-state index contributed by atoms with van der Waals surface area (Å²) < 4.78 is 26.3. The topological polar surface area (TPSA) is 52.7 Å². The molecule has 4 rings (SSSR count). The highest BCUT2D eigenvalue weighted by Crippen LogP contribution is 2.45. The first-order valence-corrected chi connectivity index (χ1v) is 12.2. The van der Waals surface area contributed by atoms with Gasteiger partial charge in [0.25, 0.3) is 0 Å². The Labute approximate surface area is 199 Å². The van der Waals surface area contributed by atoms with E-state index in [1.165, 1.54) is 0 Å². The van der Waals surface area contributed by atoms with Crippen molar-refractivity contribution in [1.29, 1.82) is 0 Å². The molecule has 2 aliphatic rings. The van der Waals surface area contributed by atoms with E-state index in [0.717, 1.165) is 34.0 Å². The van der Waals surface area contributed by atoms with Crippen LogP contribution in [0, 0.1) is 5.92 Å². The molecule has 0 atom stereocenters. The maximum absolute atomic E-state index is 6.59. The predicted molar refractivity (Wildman–Crippen MR) is 137 cm³/mol. The van der Waals surface area contributed by atoms with Crippen molar-refractivity contribution in [2.45, 2.75) is 98.1 Å². The molecular weight excluding hydrogens is 412 g/mol. The van der Waals surface area contributed by atoms with Gasteiger partial charge in [-0.15, -0.1) is 0 Å². The number of hydrogen-bond donors (Lipinski definition) is 1. The summed E-state index contributed by atoms with van der Waals surface area (Å²) in [6.45, 7) is 21.2. The monoisotopic (exact) mass is 451 g/mol. The lowest BCUT2D eigenvalue weighted by Gasteiger charge is -2.32. The molecule has 5 nitrogen and oxygen atoms in total. The molecule has 0 unspecified atom stereocenters. The van der Waals surface area contributed by atoms with Crippen LogP contribution in [-0.2, 0) is 18.6 Å². The van der Waals surface area contributed by atoms with Gasteiger partial charge in [-0.3, -0.25) is 0 Å². The molecule has 1 aromatic heterocycles. The van der Waals surface area contributed by atoms with Crippen LogP contribution < -0.4 is 0 Å². The van der Waals surface area contributed by atoms with Gasteiger partial charge in [0.05, 0.1) is 22.4 Å². The number of benzene rings is 1. The van der Waals surface area contributed by atoms with Crippen molar-refractivity contribution in [3.8, 4) is 0 Å². The zero-order valence-electron chi connectivity index (χ0n) is 22.0. The van der Waals surface area contributed by atoms with E-state index in [1.807, 2.05) is 6.07 Å². The van der Waals surface area contributed by atoms with E-state index in [9.17, 15) is 0 Å². The normalized spacial score (nSPS) is 24.1. The zero-order valence-corrected chi connectivity index (χ0v) is 22.0. The predicted octanol–water partition coefficient (Wildman–Crippen LogP) is 6.23. The lowest BCUT2D eigenvalue weighted by molar-refractivity contribution is 0.00578. The zero-order chi connectivity index (χ0) is 24.4. The maximum atomic E-state index is 6.59. The molecule has 2 saturated heterocycles. The molecule has 2 aromatic rings.